The molecule has 33 heavy (non-hydrogen) atoms. The first-order chi connectivity index (χ1) is 15.7. The Bertz CT molecular complexity index is 1240. The molecule has 0 heterocycles. The molecule has 0 saturated heterocycles. The second kappa shape index (κ2) is 8.79. The summed E-state index contributed by atoms with van der Waals surface area (Å²) in [6.07, 6.45) is 0. The number of hydrogen-bond acceptors (Lipinski definition) is 5. The normalized spacial score (nSPS) is 10.8. The lowest BCUT2D eigenvalue weighted by molar-refractivity contribution is 0.448. The number of aryl methyl sites for hydroxylation is 3. The maximum atomic E-state index is 10.3. The zero-order chi connectivity index (χ0) is 23.7. The minimum atomic E-state index is 0.143. The molecule has 4 aromatic carbocycles. The molecule has 0 unspecified atom stereocenters. The number of rotatable bonds is 5. The van der Waals surface area contributed by atoms with Crippen molar-refractivity contribution < 1.29 is 20.1 Å². The maximum Gasteiger partial charge on any atom is 0.151 e. The number of phenols is 3. The molecule has 0 bridgehead atoms. The number of anilines is 3. The lowest BCUT2D eigenvalue weighted by Gasteiger charge is -2.28. The van der Waals surface area contributed by atoms with Crippen LogP contribution in [0.1, 0.15) is 22.3 Å². The summed E-state index contributed by atoms with van der Waals surface area (Å²) in [5.74, 6) is 1.58. The third-order valence-corrected chi connectivity index (χ3v) is 5.41. The average Bonchev–Trinajstić information content (AvgIpc) is 2.72. The number of ether oxygens (including phenoxy) is 1. The van der Waals surface area contributed by atoms with E-state index in [0.717, 1.165) is 28.1 Å². The number of phenolic OH excluding ortho intramolecular Hbond substituents is 3. The Labute approximate surface area is 193 Å². The van der Waals surface area contributed by atoms with Crippen molar-refractivity contribution in [3.05, 3.63) is 95.1 Å². The molecule has 0 saturated carbocycles. The van der Waals surface area contributed by atoms with Gasteiger partial charge in [0.1, 0.15) is 23.0 Å². The quantitative estimate of drug-likeness (QED) is 0.303. The van der Waals surface area contributed by atoms with E-state index in [0.29, 0.717) is 22.7 Å². The Morgan fingerprint density at radius 3 is 1.73 bits per heavy atom. The topological polar surface area (TPSA) is 73.2 Å². The zero-order valence-corrected chi connectivity index (χ0v) is 19.1. The van der Waals surface area contributed by atoms with Crippen LogP contribution in [0, 0.1) is 27.7 Å². The lowest BCUT2D eigenvalue weighted by atomic mass is 10.1. The molecule has 0 aliphatic carbocycles. The first-order valence-electron chi connectivity index (χ1n) is 10.7. The van der Waals surface area contributed by atoms with Crippen molar-refractivity contribution in [1.29, 1.82) is 0 Å². The van der Waals surface area contributed by atoms with E-state index >= 15 is 0 Å². The van der Waals surface area contributed by atoms with E-state index in [-0.39, 0.29) is 17.2 Å². The molecule has 0 atom stereocenters. The van der Waals surface area contributed by atoms with Crippen LogP contribution in [0.5, 0.6) is 28.7 Å². The summed E-state index contributed by atoms with van der Waals surface area (Å²) in [5.41, 5.74) is 5.47. The first kappa shape index (κ1) is 22.1. The van der Waals surface area contributed by atoms with Crippen LogP contribution in [0.25, 0.3) is 0 Å². The molecule has 0 aliphatic heterocycles. The van der Waals surface area contributed by atoms with Crippen molar-refractivity contribution in [2.24, 2.45) is 0 Å². The number of benzene rings is 4. The molecule has 168 valence electrons. The van der Waals surface area contributed by atoms with Gasteiger partial charge in [0, 0.05) is 17.7 Å². The molecule has 0 aromatic heterocycles. The number of nitrogens with zero attached hydrogens (tertiary/aromatic N) is 1. The predicted octanol–water partition coefficient (Wildman–Crippen LogP) is 7.30. The van der Waals surface area contributed by atoms with E-state index in [1.807, 2.05) is 75.1 Å². The van der Waals surface area contributed by atoms with Crippen molar-refractivity contribution in [3.63, 3.8) is 0 Å². The van der Waals surface area contributed by atoms with Gasteiger partial charge in [-0.25, -0.2) is 0 Å². The van der Waals surface area contributed by atoms with Gasteiger partial charge in [-0.05, 0) is 92.9 Å². The molecule has 0 spiro atoms. The molecular formula is C28H27NO4. The number of para-hydroxylation sites is 2. The van der Waals surface area contributed by atoms with Gasteiger partial charge >= 0.3 is 0 Å². The van der Waals surface area contributed by atoms with Gasteiger partial charge in [-0.1, -0.05) is 12.1 Å². The van der Waals surface area contributed by atoms with Crippen LogP contribution in [-0.2, 0) is 0 Å². The summed E-state index contributed by atoms with van der Waals surface area (Å²) in [5, 5.41) is 30.9. The summed E-state index contributed by atoms with van der Waals surface area (Å²) in [6, 6.07) is 21.8. The zero-order valence-electron chi connectivity index (χ0n) is 19.1. The molecule has 3 N–H and O–H groups in total. The SMILES string of the molecule is Cc1cc(O)cc(N(c2cc(C)cc(O)c2)c2ccccc2Oc2cc(C)cc(O)c2C)c1. The fourth-order valence-corrected chi connectivity index (χ4v) is 3.93. The van der Waals surface area contributed by atoms with E-state index in [4.69, 9.17) is 4.74 Å². The van der Waals surface area contributed by atoms with Crippen LogP contribution in [0.2, 0.25) is 0 Å². The number of hydrogen-bond donors (Lipinski definition) is 3. The van der Waals surface area contributed by atoms with Crippen molar-refractivity contribution >= 4 is 17.1 Å². The summed E-state index contributed by atoms with van der Waals surface area (Å²) < 4.78 is 6.32. The summed E-state index contributed by atoms with van der Waals surface area (Å²) in [7, 11) is 0. The van der Waals surface area contributed by atoms with Crippen molar-refractivity contribution in [1.82, 2.24) is 0 Å². The van der Waals surface area contributed by atoms with Crippen molar-refractivity contribution in [2.45, 2.75) is 27.7 Å². The predicted molar refractivity (Wildman–Crippen MR) is 132 cm³/mol. The monoisotopic (exact) mass is 441 g/mol. The van der Waals surface area contributed by atoms with Gasteiger partial charge < -0.3 is 25.0 Å². The minimum absolute atomic E-state index is 0.143. The van der Waals surface area contributed by atoms with Crippen molar-refractivity contribution in [2.75, 3.05) is 4.90 Å². The molecule has 0 aliphatic rings. The van der Waals surface area contributed by atoms with Gasteiger partial charge in [0.2, 0.25) is 0 Å². The molecule has 0 fully saturated rings. The van der Waals surface area contributed by atoms with Crippen LogP contribution in [0.4, 0.5) is 17.1 Å². The highest BCUT2D eigenvalue weighted by molar-refractivity contribution is 5.82. The molecule has 4 rings (SSSR count). The van der Waals surface area contributed by atoms with E-state index in [9.17, 15) is 15.3 Å². The Hall–Kier alpha value is -4.12. The summed E-state index contributed by atoms with van der Waals surface area (Å²) in [4.78, 5) is 1.93. The minimum Gasteiger partial charge on any atom is -0.508 e. The smallest absolute Gasteiger partial charge is 0.151 e. The molecule has 0 radical (unpaired) electrons. The second-order valence-electron chi connectivity index (χ2n) is 8.37. The van der Waals surface area contributed by atoms with Gasteiger partial charge in [0.15, 0.2) is 5.75 Å². The van der Waals surface area contributed by atoms with E-state index in [1.54, 1.807) is 30.3 Å². The second-order valence-corrected chi connectivity index (χ2v) is 8.37. The third-order valence-electron chi connectivity index (χ3n) is 5.41. The van der Waals surface area contributed by atoms with Gasteiger partial charge in [0.25, 0.3) is 0 Å². The fourth-order valence-electron chi connectivity index (χ4n) is 3.93. The first-order valence-corrected chi connectivity index (χ1v) is 10.7. The summed E-state index contributed by atoms with van der Waals surface area (Å²) in [6.45, 7) is 7.53. The Kier molecular flexibility index (Phi) is 5.88. The van der Waals surface area contributed by atoms with E-state index < -0.39 is 0 Å². The Morgan fingerprint density at radius 2 is 1.15 bits per heavy atom. The molecule has 0 amide bonds. The van der Waals surface area contributed by atoms with Gasteiger partial charge in [-0.15, -0.1) is 0 Å². The van der Waals surface area contributed by atoms with Gasteiger partial charge in [-0.2, -0.15) is 0 Å². The van der Waals surface area contributed by atoms with Crippen LogP contribution >= 0.6 is 0 Å². The highest BCUT2D eigenvalue weighted by Gasteiger charge is 2.20. The van der Waals surface area contributed by atoms with Gasteiger partial charge in [-0.3, -0.25) is 0 Å². The Balaban J connectivity index is 1.92. The van der Waals surface area contributed by atoms with Crippen LogP contribution in [0.3, 0.4) is 0 Å². The number of aromatic hydroxyl groups is 3. The molecular weight excluding hydrogens is 414 g/mol. The van der Waals surface area contributed by atoms with Crippen LogP contribution in [0.15, 0.2) is 72.8 Å². The largest absolute Gasteiger partial charge is 0.508 e. The molecule has 5 nitrogen and oxygen atoms in total. The highest BCUT2D eigenvalue weighted by atomic mass is 16.5. The van der Waals surface area contributed by atoms with Crippen LogP contribution in [-0.4, -0.2) is 15.3 Å². The Morgan fingerprint density at radius 1 is 0.606 bits per heavy atom. The van der Waals surface area contributed by atoms with E-state index in [1.165, 1.54) is 0 Å². The third kappa shape index (κ3) is 4.72. The van der Waals surface area contributed by atoms with Crippen molar-refractivity contribution in [3.8, 4) is 28.7 Å². The maximum absolute atomic E-state index is 10.3. The highest BCUT2D eigenvalue weighted by Crippen LogP contribution is 2.44. The average molecular weight is 442 g/mol. The molecule has 5 heteroatoms. The summed E-state index contributed by atoms with van der Waals surface area (Å²) >= 11 is 0. The van der Waals surface area contributed by atoms with Crippen LogP contribution < -0.4 is 9.64 Å². The standard InChI is InChI=1S/C28H27NO4/c1-17-9-21(15-23(30)11-17)29(22-10-18(2)12-24(31)16-22)25-7-5-6-8-27(25)33-28-14-19(3)13-26(32)20(28)4/h5-16,30-32H,1-4H3. The molecule has 4 aromatic rings. The fraction of sp³-hybridized carbons (Fsp3) is 0.143. The van der Waals surface area contributed by atoms with Gasteiger partial charge in [0.05, 0.1) is 17.1 Å². The lowest BCUT2D eigenvalue weighted by Crippen LogP contribution is -2.11. The van der Waals surface area contributed by atoms with E-state index in [2.05, 4.69) is 0 Å².